The summed E-state index contributed by atoms with van der Waals surface area (Å²) in [5.74, 6) is 0.354. The van der Waals surface area contributed by atoms with Crippen molar-refractivity contribution in [2.45, 2.75) is 38.9 Å². The van der Waals surface area contributed by atoms with Crippen LogP contribution in [0.5, 0.6) is 0 Å². The van der Waals surface area contributed by atoms with Gasteiger partial charge < -0.3 is 14.7 Å². The quantitative estimate of drug-likeness (QED) is 0.748. The number of ether oxygens (including phenoxy) is 1. The summed E-state index contributed by atoms with van der Waals surface area (Å²) in [6.45, 7) is 5.04. The zero-order valence-electron chi connectivity index (χ0n) is 9.77. The maximum Gasteiger partial charge on any atom is 0.251 e. The fourth-order valence-electron chi connectivity index (χ4n) is 1.72. The van der Waals surface area contributed by atoms with E-state index in [2.05, 4.69) is 0 Å². The first-order chi connectivity index (χ1) is 7.02. The number of likely N-dealkylation sites (N-methyl/N-ethyl adjacent to an activating group) is 1. The Kier molecular flexibility index (Phi) is 4.54. The van der Waals surface area contributed by atoms with Gasteiger partial charge in [-0.2, -0.15) is 0 Å². The number of carbonyl (C=O) groups is 1. The zero-order chi connectivity index (χ0) is 11.4. The van der Waals surface area contributed by atoms with Gasteiger partial charge in [-0.25, -0.2) is 0 Å². The molecule has 1 amide bonds. The highest BCUT2D eigenvalue weighted by Gasteiger charge is 2.32. The summed E-state index contributed by atoms with van der Waals surface area (Å²) in [6, 6.07) is 0. The summed E-state index contributed by atoms with van der Waals surface area (Å²) in [5.41, 5.74) is 0. The second-order valence-electron chi connectivity index (χ2n) is 4.45. The van der Waals surface area contributed by atoms with Gasteiger partial charge in [-0.05, 0) is 25.7 Å². The molecule has 4 nitrogen and oxygen atoms in total. The molecular weight excluding hydrogens is 194 g/mol. The Morgan fingerprint density at radius 3 is 2.80 bits per heavy atom. The standard InChI is InChI=1S/C11H21NO3/c1-8-5-7-15-10(8)11(14)12(3)6-4-9(2)13/h8-10,13H,4-7H2,1-3H3. The lowest BCUT2D eigenvalue weighted by molar-refractivity contribution is -0.141. The molecule has 1 aliphatic heterocycles. The lowest BCUT2D eigenvalue weighted by Gasteiger charge is -2.23. The number of aliphatic hydroxyl groups excluding tert-OH is 1. The van der Waals surface area contributed by atoms with Crippen molar-refractivity contribution in [1.82, 2.24) is 4.90 Å². The molecule has 0 aromatic heterocycles. The highest BCUT2D eigenvalue weighted by molar-refractivity contribution is 5.81. The molecule has 0 aliphatic carbocycles. The Hall–Kier alpha value is -0.610. The smallest absolute Gasteiger partial charge is 0.251 e. The lowest BCUT2D eigenvalue weighted by atomic mass is 10.0. The van der Waals surface area contributed by atoms with Gasteiger partial charge in [0, 0.05) is 20.2 Å². The first kappa shape index (κ1) is 12.5. The van der Waals surface area contributed by atoms with Crippen molar-refractivity contribution in [2.75, 3.05) is 20.2 Å². The average Bonchev–Trinajstić information content (AvgIpc) is 2.59. The van der Waals surface area contributed by atoms with E-state index in [4.69, 9.17) is 9.84 Å². The van der Waals surface area contributed by atoms with E-state index in [0.29, 0.717) is 25.5 Å². The molecule has 1 saturated heterocycles. The van der Waals surface area contributed by atoms with Gasteiger partial charge >= 0.3 is 0 Å². The van der Waals surface area contributed by atoms with E-state index in [1.807, 2.05) is 6.92 Å². The first-order valence-corrected chi connectivity index (χ1v) is 5.57. The molecule has 0 spiro atoms. The van der Waals surface area contributed by atoms with E-state index in [-0.39, 0.29) is 18.1 Å². The Morgan fingerprint density at radius 1 is 1.67 bits per heavy atom. The van der Waals surface area contributed by atoms with Crippen LogP contribution < -0.4 is 0 Å². The van der Waals surface area contributed by atoms with Crippen LogP contribution >= 0.6 is 0 Å². The van der Waals surface area contributed by atoms with Crippen molar-refractivity contribution in [2.24, 2.45) is 5.92 Å². The van der Waals surface area contributed by atoms with Gasteiger partial charge in [-0.1, -0.05) is 6.92 Å². The Morgan fingerprint density at radius 2 is 2.33 bits per heavy atom. The van der Waals surface area contributed by atoms with Gasteiger partial charge in [0.15, 0.2) is 0 Å². The van der Waals surface area contributed by atoms with Crippen molar-refractivity contribution in [3.63, 3.8) is 0 Å². The molecule has 0 bridgehead atoms. The van der Waals surface area contributed by atoms with E-state index >= 15 is 0 Å². The fraction of sp³-hybridized carbons (Fsp3) is 0.909. The predicted molar refractivity (Wildman–Crippen MR) is 57.5 cm³/mol. The average molecular weight is 215 g/mol. The molecule has 88 valence electrons. The summed E-state index contributed by atoms with van der Waals surface area (Å²) in [5, 5.41) is 9.13. The van der Waals surface area contributed by atoms with Crippen molar-refractivity contribution in [3.05, 3.63) is 0 Å². The van der Waals surface area contributed by atoms with Gasteiger partial charge in [0.05, 0.1) is 6.10 Å². The molecule has 3 unspecified atom stereocenters. The lowest BCUT2D eigenvalue weighted by Crippen LogP contribution is -2.39. The van der Waals surface area contributed by atoms with E-state index in [1.54, 1.807) is 18.9 Å². The third-order valence-electron chi connectivity index (χ3n) is 2.89. The van der Waals surface area contributed by atoms with Crippen molar-refractivity contribution >= 4 is 5.91 Å². The van der Waals surface area contributed by atoms with E-state index in [1.165, 1.54) is 0 Å². The van der Waals surface area contributed by atoms with Crippen LogP contribution in [0.1, 0.15) is 26.7 Å². The number of amides is 1. The number of nitrogens with zero attached hydrogens (tertiary/aromatic N) is 1. The number of hydrogen-bond donors (Lipinski definition) is 1. The van der Waals surface area contributed by atoms with Crippen LogP contribution in [0.2, 0.25) is 0 Å². The molecule has 4 heteroatoms. The summed E-state index contributed by atoms with van der Waals surface area (Å²) >= 11 is 0. The Labute approximate surface area is 91.2 Å². The predicted octanol–water partition coefficient (Wildman–Crippen LogP) is 0.641. The van der Waals surface area contributed by atoms with Gasteiger partial charge in [0.25, 0.3) is 5.91 Å². The van der Waals surface area contributed by atoms with Gasteiger partial charge in [0.2, 0.25) is 0 Å². The number of rotatable bonds is 4. The third kappa shape index (κ3) is 3.47. The first-order valence-electron chi connectivity index (χ1n) is 5.57. The second-order valence-corrected chi connectivity index (χ2v) is 4.45. The normalized spacial score (nSPS) is 27.7. The monoisotopic (exact) mass is 215 g/mol. The summed E-state index contributed by atoms with van der Waals surface area (Å²) in [7, 11) is 1.76. The highest BCUT2D eigenvalue weighted by Crippen LogP contribution is 2.21. The number of aliphatic hydroxyl groups is 1. The van der Waals surface area contributed by atoms with Crippen molar-refractivity contribution in [3.8, 4) is 0 Å². The minimum atomic E-state index is -0.359. The van der Waals surface area contributed by atoms with Gasteiger partial charge in [-0.15, -0.1) is 0 Å². The minimum absolute atomic E-state index is 0.0423. The SMILES string of the molecule is CC(O)CCN(C)C(=O)C1OCCC1C. The van der Waals surface area contributed by atoms with Crippen molar-refractivity contribution < 1.29 is 14.6 Å². The summed E-state index contributed by atoms with van der Waals surface area (Å²) < 4.78 is 5.40. The second kappa shape index (κ2) is 5.47. The van der Waals surface area contributed by atoms with Crippen molar-refractivity contribution in [1.29, 1.82) is 0 Å². The van der Waals surface area contributed by atoms with Gasteiger partial charge in [0.1, 0.15) is 6.10 Å². The fourth-order valence-corrected chi connectivity index (χ4v) is 1.72. The summed E-state index contributed by atoms with van der Waals surface area (Å²) in [4.78, 5) is 13.5. The molecule has 0 aromatic rings. The highest BCUT2D eigenvalue weighted by atomic mass is 16.5. The van der Waals surface area contributed by atoms with Gasteiger partial charge in [-0.3, -0.25) is 4.79 Å². The zero-order valence-corrected chi connectivity index (χ0v) is 9.77. The maximum absolute atomic E-state index is 11.9. The molecule has 15 heavy (non-hydrogen) atoms. The molecular formula is C11H21NO3. The van der Waals surface area contributed by atoms with Crippen LogP contribution in [-0.2, 0) is 9.53 Å². The Bertz CT molecular complexity index is 218. The topological polar surface area (TPSA) is 49.8 Å². The van der Waals surface area contributed by atoms with Crippen LogP contribution in [0.3, 0.4) is 0 Å². The van der Waals surface area contributed by atoms with E-state index in [9.17, 15) is 4.79 Å². The molecule has 1 aliphatic rings. The Balaban J connectivity index is 2.38. The third-order valence-corrected chi connectivity index (χ3v) is 2.89. The largest absolute Gasteiger partial charge is 0.393 e. The van der Waals surface area contributed by atoms with Crippen LogP contribution in [0, 0.1) is 5.92 Å². The molecule has 1 fully saturated rings. The van der Waals surface area contributed by atoms with Crippen LogP contribution in [-0.4, -0.2) is 48.3 Å². The van der Waals surface area contributed by atoms with Crippen LogP contribution in [0.4, 0.5) is 0 Å². The maximum atomic E-state index is 11.9. The molecule has 1 heterocycles. The van der Waals surface area contributed by atoms with E-state index in [0.717, 1.165) is 6.42 Å². The molecule has 3 atom stereocenters. The van der Waals surface area contributed by atoms with Crippen LogP contribution in [0.25, 0.3) is 0 Å². The molecule has 0 saturated carbocycles. The molecule has 0 aromatic carbocycles. The summed E-state index contributed by atoms with van der Waals surface area (Å²) in [6.07, 6.45) is 0.940. The van der Waals surface area contributed by atoms with Crippen LogP contribution in [0.15, 0.2) is 0 Å². The number of carbonyl (C=O) groups excluding carboxylic acids is 1. The van der Waals surface area contributed by atoms with E-state index < -0.39 is 0 Å². The molecule has 1 N–H and O–H groups in total. The molecule has 1 rings (SSSR count). The minimum Gasteiger partial charge on any atom is -0.393 e. The number of hydrogen-bond acceptors (Lipinski definition) is 3. The molecule has 0 radical (unpaired) electrons.